The quantitative estimate of drug-likeness (QED) is 0.826. The molecule has 2 amide bonds. The van der Waals surface area contributed by atoms with Crippen LogP contribution in [0.15, 0.2) is 18.2 Å². The van der Waals surface area contributed by atoms with Gasteiger partial charge in [0.1, 0.15) is 0 Å². The predicted octanol–water partition coefficient (Wildman–Crippen LogP) is 3.17. The van der Waals surface area contributed by atoms with Gasteiger partial charge in [0.25, 0.3) is 5.91 Å². The number of carbonyl (C=O) groups is 2. The smallest absolute Gasteiger partial charge is 0.251 e. The molecule has 1 aromatic rings. The summed E-state index contributed by atoms with van der Waals surface area (Å²) in [5, 5.41) is 13.0. The van der Waals surface area contributed by atoms with Crippen LogP contribution < -0.4 is 5.32 Å². The predicted molar refractivity (Wildman–Crippen MR) is 106 cm³/mol. The van der Waals surface area contributed by atoms with Gasteiger partial charge in [-0.05, 0) is 69.1 Å². The van der Waals surface area contributed by atoms with Crippen molar-refractivity contribution in [1.82, 2.24) is 10.2 Å². The molecular formula is C21H29ClN2O3. The van der Waals surface area contributed by atoms with Crippen molar-refractivity contribution in [2.45, 2.75) is 51.5 Å². The Morgan fingerprint density at radius 3 is 2.63 bits per heavy atom. The lowest BCUT2D eigenvalue weighted by Gasteiger charge is -2.36. The Kier molecular flexibility index (Phi) is 6.77. The van der Waals surface area contributed by atoms with E-state index < -0.39 is 0 Å². The lowest BCUT2D eigenvalue weighted by molar-refractivity contribution is -0.138. The molecule has 2 N–H and O–H groups in total. The first-order valence-corrected chi connectivity index (χ1v) is 10.3. The van der Waals surface area contributed by atoms with Gasteiger partial charge in [-0.25, -0.2) is 0 Å². The highest BCUT2D eigenvalue weighted by atomic mass is 35.5. The first-order valence-electron chi connectivity index (χ1n) is 9.94. The van der Waals surface area contributed by atoms with Gasteiger partial charge in [-0.2, -0.15) is 0 Å². The first kappa shape index (κ1) is 20.2. The summed E-state index contributed by atoms with van der Waals surface area (Å²) in [6.07, 6.45) is 5.22. The summed E-state index contributed by atoms with van der Waals surface area (Å²) < 4.78 is 0. The number of carbonyl (C=O) groups excluding carboxylic acids is 2. The van der Waals surface area contributed by atoms with Gasteiger partial charge >= 0.3 is 0 Å². The van der Waals surface area contributed by atoms with Gasteiger partial charge in [0, 0.05) is 42.2 Å². The van der Waals surface area contributed by atoms with Crippen LogP contribution in [0, 0.1) is 18.8 Å². The van der Waals surface area contributed by atoms with Gasteiger partial charge < -0.3 is 15.3 Å². The van der Waals surface area contributed by atoms with E-state index in [9.17, 15) is 14.7 Å². The van der Waals surface area contributed by atoms with Gasteiger partial charge in [-0.3, -0.25) is 9.59 Å². The zero-order valence-electron chi connectivity index (χ0n) is 15.9. The molecule has 148 valence electrons. The van der Waals surface area contributed by atoms with Gasteiger partial charge in [0.15, 0.2) is 0 Å². The number of rotatable bonds is 4. The highest BCUT2D eigenvalue weighted by molar-refractivity contribution is 6.31. The third-order valence-corrected chi connectivity index (χ3v) is 6.34. The monoisotopic (exact) mass is 392 g/mol. The number of likely N-dealkylation sites (tertiary alicyclic amines) is 1. The van der Waals surface area contributed by atoms with Crippen LogP contribution in [-0.2, 0) is 4.79 Å². The van der Waals surface area contributed by atoms with Crippen molar-refractivity contribution in [2.24, 2.45) is 11.8 Å². The average molecular weight is 393 g/mol. The molecule has 1 saturated heterocycles. The first-order chi connectivity index (χ1) is 13.0. The second kappa shape index (κ2) is 9.07. The second-order valence-corrected chi connectivity index (χ2v) is 8.37. The van der Waals surface area contributed by atoms with Crippen LogP contribution in [0.2, 0.25) is 5.02 Å². The number of aliphatic hydroxyl groups excluding tert-OH is 1. The molecule has 5 nitrogen and oxygen atoms in total. The van der Waals surface area contributed by atoms with Crippen molar-refractivity contribution in [3.05, 3.63) is 34.3 Å². The van der Waals surface area contributed by atoms with Crippen molar-refractivity contribution >= 4 is 23.4 Å². The van der Waals surface area contributed by atoms with E-state index in [4.69, 9.17) is 11.6 Å². The minimum absolute atomic E-state index is 0.0458. The maximum atomic E-state index is 12.8. The highest BCUT2D eigenvalue weighted by Crippen LogP contribution is 2.28. The summed E-state index contributed by atoms with van der Waals surface area (Å²) in [4.78, 5) is 27.1. The molecule has 1 aliphatic carbocycles. The summed E-state index contributed by atoms with van der Waals surface area (Å²) in [7, 11) is 0. The van der Waals surface area contributed by atoms with Crippen LogP contribution in [0.4, 0.5) is 0 Å². The molecule has 2 aliphatic rings. The minimum Gasteiger partial charge on any atom is -0.396 e. The number of nitrogens with one attached hydrogen (secondary N) is 1. The molecule has 0 bridgehead atoms. The lowest BCUT2D eigenvalue weighted by Crippen LogP contribution is -2.46. The third kappa shape index (κ3) is 5.02. The fourth-order valence-electron chi connectivity index (χ4n) is 4.16. The molecule has 1 aromatic carbocycles. The molecule has 0 aromatic heterocycles. The summed E-state index contributed by atoms with van der Waals surface area (Å²) >= 11 is 6.11. The van der Waals surface area contributed by atoms with Crippen LogP contribution in [0.5, 0.6) is 0 Å². The zero-order chi connectivity index (χ0) is 19.4. The Hall–Kier alpha value is -1.59. The van der Waals surface area contributed by atoms with E-state index in [-0.39, 0.29) is 36.3 Å². The van der Waals surface area contributed by atoms with E-state index in [1.165, 1.54) is 0 Å². The molecule has 0 radical (unpaired) electrons. The number of hydrogen-bond donors (Lipinski definition) is 2. The molecule has 1 atom stereocenters. The molecule has 27 heavy (non-hydrogen) atoms. The molecule has 3 rings (SSSR count). The molecule has 1 aliphatic heterocycles. The minimum atomic E-state index is -0.103. The van der Waals surface area contributed by atoms with E-state index >= 15 is 0 Å². The molecule has 1 saturated carbocycles. The summed E-state index contributed by atoms with van der Waals surface area (Å²) in [6, 6.07) is 5.45. The zero-order valence-corrected chi connectivity index (χ0v) is 16.7. The van der Waals surface area contributed by atoms with E-state index in [1.54, 1.807) is 12.1 Å². The topological polar surface area (TPSA) is 69.6 Å². The van der Waals surface area contributed by atoms with Crippen LogP contribution in [0.25, 0.3) is 0 Å². The van der Waals surface area contributed by atoms with Crippen molar-refractivity contribution < 1.29 is 14.7 Å². The number of hydrogen-bond acceptors (Lipinski definition) is 3. The number of piperidine rings is 1. The normalized spacial score (nSPS) is 25.9. The van der Waals surface area contributed by atoms with Crippen LogP contribution in [0.1, 0.15) is 54.4 Å². The maximum Gasteiger partial charge on any atom is 0.251 e. The van der Waals surface area contributed by atoms with Gasteiger partial charge in [-0.1, -0.05) is 17.7 Å². The molecule has 1 heterocycles. The molecule has 0 spiro atoms. The van der Waals surface area contributed by atoms with Crippen LogP contribution in [0.3, 0.4) is 0 Å². The van der Waals surface area contributed by atoms with E-state index in [0.717, 1.165) is 50.6 Å². The van der Waals surface area contributed by atoms with Crippen LogP contribution >= 0.6 is 11.6 Å². The van der Waals surface area contributed by atoms with Crippen molar-refractivity contribution in [3.63, 3.8) is 0 Å². The number of amides is 2. The van der Waals surface area contributed by atoms with Crippen LogP contribution in [-0.4, -0.2) is 47.6 Å². The molecular weight excluding hydrogens is 364 g/mol. The van der Waals surface area contributed by atoms with Gasteiger partial charge in [-0.15, -0.1) is 0 Å². The number of halogens is 1. The standard InChI is InChI=1S/C21H29ClN2O3/c1-14-4-5-17(11-19(14)22)20(26)23-18-8-6-16(7-9-18)21(27)24-10-2-3-15(12-24)13-25/h4-5,11,15-16,18,25H,2-3,6-10,12-13H2,1H3,(H,23,26). The summed E-state index contributed by atoms with van der Waals surface area (Å²) in [6.45, 7) is 3.55. The van der Waals surface area contributed by atoms with Crippen molar-refractivity contribution in [2.75, 3.05) is 19.7 Å². The molecule has 1 unspecified atom stereocenters. The fraction of sp³-hybridized carbons (Fsp3) is 0.619. The Bertz CT molecular complexity index is 686. The van der Waals surface area contributed by atoms with Gasteiger partial charge in [0.2, 0.25) is 5.91 Å². The number of nitrogens with zero attached hydrogens (tertiary/aromatic N) is 1. The number of aliphatic hydroxyl groups is 1. The second-order valence-electron chi connectivity index (χ2n) is 7.96. The summed E-state index contributed by atoms with van der Waals surface area (Å²) in [5.74, 6) is 0.390. The Labute approximate surface area is 166 Å². The number of benzene rings is 1. The van der Waals surface area contributed by atoms with E-state index in [0.29, 0.717) is 17.1 Å². The van der Waals surface area contributed by atoms with Gasteiger partial charge in [0.05, 0.1) is 0 Å². The Balaban J connectivity index is 1.49. The lowest BCUT2D eigenvalue weighted by atomic mass is 9.84. The fourth-order valence-corrected chi connectivity index (χ4v) is 4.34. The average Bonchev–Trinajstić information content (AvgIpc) is 2.70. The maximum absolute atomic E-state index is 12.8. The van der Waals surface area contributed by atoms with E-state index in [1.807, 2.05) is 17.9 Å². The Morgan fingerprint density at radius 1 is 1.22 bits per heavy atom. The van der Waals surface area contributed by atoms with Crippen molar-refractivity contribution in [3.8, 4) is 0 Å². The Morgan fingerprint density at radius 2 is 1.96 bits per heavy atom. The SMILES string of the molecule is Cc1ccc(C(=O)NC2CCC(C(=O)N3CCCC(CO)C3)CC2)cc1Cl. The highest BCUT2D eigenvalue weighted by Gasteiger charge is 2.32. The van der Waals surface area contributed by atoms with Crippen molar-refractivity contribution in [1.29, 1.82) is 0 Å². The largest absolute Gasteiger partial charge is 0.396 e. The number of aryl methyl sites for hydroxylation is 1. The summed E-state index contributed by atoms with van der Waals surface area (Å²) in [5.41, 5.74) is 1.53. The van der Waals surface area contributed by atoms with E-state index in [2.05, 4.69) is 5.32 Å². The molecule has 6 heteroatoms. The third-order valence-electron chi connectivity index (χ3n) is 5.93. The molecule has 2 fully saturated rings.